The first kappa shape index (κ1) is 42.9. The molecule has 280 valence electrons. The van der Waals surface area contributed by atoms with Crippen LogP contribution >= 0.6 is 0 Å². The van der Waals surface area contributed by atoms with Crippen LogP contribution in [0.2, 0.25) is 0 Å². The quantitative estimate of drug-likeness (QED) is 0.0752. The molecule has 0 aromatic heterocycles. The Labute approximate surface area is 291 Å². The molecule has 0 saturated heterocycles. The summed E-state index contributed by atoms with van der Waals surface area (Å²) in [5.41, 5.74) is 0. The van der Waals surface area contributed by atoms with Crippen molar-refractivity contribution >= 4 is 10.1 Å². The summed E-state index contributed by atoms with van der Waals surface area (Å²) < 4.78 is 88.9. The van der Waals surface area contributed by atoms with Gasteiger partial charge < -0.3 is 52.1 Å². The van der Waals surface area contributed by atoms with E-state index in [-0.39, 0.29) is 18.1 Å². The van der Waals surface area contributed by atoms with Crippen molar-refractivity contribution in [1.82, 2.24) is 0 Å². The van der Waals surface area contributed by atoms with Gasteiger partial charge in [-0.2, -0.15) is 8.42 Å². The van der Waals surface area contributed by atoms with Gasteiger partial charge in [-0.15, -0.1) is 0 Å². The molecule has 0 aliphatic heterocycles. The molecule has 14 nitrogen and oxygen atoms in total. The standard InChI is InChI=1S/C34H54O14S/c35-49(36,34-9-5-2-6-10-34)48-32-30-46-28-26-44-24-22-42-20-18-40-16-14-38-12-11-37-13-15-39-17-19-41-21-23-43-25-27-45-29-31-47-33-7-3-1-4-8-33/h1-10H,11-32H2. The fourth-order valence-electron chi connectivity index (χ4n) is 3.67. The molecule has 0 bridgehead atoms. The molecule has 0 saturated carbocycles. The summed E-state index contributed by atoms with van der Waals surface area (Å²) >= 11 is 0. The Bertz CT molecular complexity index is 1080. The van der Waals surface area contributed by atoms with Crippen LogP contribution in [0.4, 0.5) is 0 Å². The van der Waals surface area contributed by atoms with Gasteiger partial charge in [0.15, 0.2) is 0 Å². The van der Waals surface area contributed by atoms with Crippen molar-refractivity contribution in [3.8, 4) is 5.75 Å². The molecule has 0 atom stereocenters. The average molecular weight is 719 g/mol. The van der Waals surface area contributed by atoms with E-state index in [1.54, 1.807) is 18.2 Å². The van der Waals surface area contributed by atoms with E-state index in [4.69, 9.17) is 56.3 Å². The summed E-state index contributed by atoms with van der Waals surface area (Å²) in [6.45, 7) is 9.53. The lowest BCUT2D eigenvalue weighted by atomic mass is 10.3. The number of ether oxygens (including phenoxy) is 11. The van der Waals surface area contributed by atoms with Gasteiger partial charge in [-0.25, -0.2) is 0 Å². The lowest BCUT2D eigenvalue weighted by molar-refractivity contribution is -0.0269. The van der Waals surface area contributed by atoms with Gasteiger partial charge in [-0.3, -0.25) is 4.18 Å². The summed E-state index contributed by atoms with van der Waals surface area (Å²) in [6, 6.07) is 17.6. The average Bonchev–Trinajstić information content (AvgIpc) is 3.12. The highest BCUT2D eigenvalue weighted by atomic mass is 32.2. The molecule has 0 aliphatic rings. The van der Waals surface area contributed by atoms with Crippen LogP contribution in [0.25, 0.3) is 0 Å². The third-order valence-corrected chi connectivity index (χ3v) is 7.41. The van der Waals surface area contributed by atoms with E-state index in [1.165, 1.54) is 12.1 Å². The van der Waals surface area contributed by atoms with E-state index < -0.39 is 10.1 Å². The van der Waals surface area contributed by atoms with Crippen LogP contribution in [0.5, 0.6) is 5.75 Å². The molecule has 0 heterocycles. The number of benzene rings is 2. The Morgan fingerprint density at radius 2 is 0.592 bits per heavy atom. The van der Waals surface area contributed by atoms with Gasteiger partial charge in [0.05, 0.1) is 144 Å². The molecule has 15 heteroatoms. The zero-order valence-electron chi connectivity index (χ0n) is 28.5. The van der Waals surface area contributed by atoms with Crippen molar-refractivity contribution in [2.75, 3.05) is 145 Å². The normalized spacial score (nSPS) is 11.7. The van der Waals surface area contributed by atoms with E-state index in [0.717, 1.165) is 5.75 Å². The second-order valence-electron chi connectivity index (χ2n) is 9.87. The second kappa shape index (κ2) is 31.7. The maximum atomic E-state index is 12.0. The fourth-order valence-corrected chi connectivity index (χ4v) is 4.59. The minimum Gasteiger partial charge on any atom is -0.491 e. The lowest BCUT2D eigenvalue weighted by Gasteiger charge is -2.09. The molecule has 2 aromatic carbocycles. The second-order valence-corrected chi connectivity index (χ2v) is 11.5. The molecular weight excluding hydrogens is 664 g/mol. The van der Waals surface area contributed by atoms with Gasteiger partial charge in [-0.1, -0.05) is 36.4 Å². The Balaban J connectivity index is 1.16. The fraction of sp³-hybridized carbons (Fsp3) is 0.647. The molecule has 0 spiro atoms. The molecular formula is C34H54O14S. The first-order chi connectivity index (χ1) is 24.2. The van der Waals surface area contributed by atoms with Crippen LogP contribution in [0.3, 0.4) is 0 Å². The van der Waals surface area contributed by atoms with E-state index in [2.05, 4.69) is 0 Å². The van der Waals surface area contributed by atoms with Crippen molar-refractivity contribution in [3.05, 3.63) is 60.7 Å². The summed E-state index contributed by atoms with van der Waals surface area (Å²) in [5.74, 6) is 0.837. The van der Waals surface area contributed by atoms with Crippen LogP contribution in [-0.4, -0.2) is 154 Å². The molecule has 0 unspecified atom stereocenters. The molecule has 0 radical (unpaired) electrons. The Kier molecular flexibility index (Phi) is 27.8. The predicted molar refractivity (Wildman–Crippen MR) is 180 cm³/mol. The van der Waals surface area contributed by atoms with E-state index in [1.807, 2.05) is 30.3 Å². The summed E-state index contributed by atoms with van der Waals surface area (Å²) in [7, 11) is -3.76. The van der Waals surface area contributed by atoms with Gasteiger partial charge in [0.2, 0.25) is 0 Å². The van der Waals surface area contributed by atoms with Crippen molar-refractivity contribution in [3.63, 3.8) is 0 Å². The molecule has 0 fully saturated rings. The number of rotatable bonds is 36. The van der Waals surface area contributed by atoms with E-state index >= 15 is 0 Å². The summed E-state index contributed by atoms with van der Waals surface area (Å²) in [4.78, 5) is 0.120. The largest absolute Gasteiger partial charge is 0.491 e. The SMILES string of the molecule is O=S(=O)(OCCOCCOCCOCCOCCOCCOCCOCCOCCOCCOCCOc1ccccc1)c1ccccc1. The van der Waals surface area contributed by atoms with Crippen LogP contribution in [-0.2, 0) is 61.7 Å². The van der Waals surface area contributed by atoms with Crippen LogP contribution in [0.15, 0.2) is 65.6 Å². The minimum absolute atomic E-state index is 0.0594. The van der Waals surface area contributed by atoms with E-state index in [9.17, 15) is 8.42 Å². The zero-order chi connectivity index (χ0) is 34.8. The highest BCUT2D eigenvalue weighted by Gasteiger charge is 2.13. The molecule has 2 aromatic rings. The lowest BCUT2D eigenvalue weighted by Crippen LogP contribution is -2.16. The van der Waals surface area contributed by atoms with Crippen molar-refractivity contribution < 1.29 is 64.7 Å². The smallest absolute Gasteiger partial charge is 0.297 e. The highest BCUT2D eigenvalue weighted by Crippen LogP contribution is 2.11. The maximum Gasteiger partial charge on any atom is 0.297 e. The zero-order valence-corrected chi connectivity index (χ0v) is 29.3. The summed E-state index contributed by atoms with van der Waals surface area (Å²) in [5, 5.41) is 0. The van der Waals surface area contributed by atoms with Crippen molar-refractivity contribution in [2.24, 2.45) is 0 Å². The van der Waals surface area contributed by atoms with E-state index in [0.29, 0.717) is 132 Å². The van der Waals surface area contributed by atoms with Crippen LogP contribution in [0, 0.1) is 0 Å². The Hall–Kier alpha value is -2.25. The molecule has 2 rings (SSSR count). The molecule has 0 amide bonds. The summed E-state index contributed by atoms with van der Waals surface area (Å²) in [6.07, 6.45) is 0. The first-order valence-electron chi connectivity index (χ1n) is 16.6. The number of para-hydroxylation sites is 1. The van der Waals surface area contributed by atoms with Gasteiger partial charge in [0, 0.05) is 0 Å². The molecule has 0 aliphatic carbocycles. The van der Waals surface area contributed by atoms with Crippen LogP contribution < -0.4 is 4.74 Å². The Morgan fingerprint density at radius 1 is 0.327 bits per heavy atom. The first-order valence-corrected chi connectivity index (χ1v) is 18.0. The topological polar surface area (TPSA) is 145 Å². The maximum absolute atomic E-state index is 12.0. The van der Waals surface area contributed by atoms with Gasteiger partial charge in [0.25, 0.3) is 10.1 Å². The van der Waals surface area contributed by atoms with Gasteiger partial charge >= 0.3 is 0 Å². The van der Waals surface area contributed by atoms with Gasteiger partial charge in [-0.05, 0) is 24.3 Å². The monoisotopic (exact) mass is 718 g/mol. The number of hydrogen-bond acceptors (Lipinski definition) is 14. The van der Waals surface area contributed by atoms with Crippen molar-refractivity contribution in [2.45, 2.75) is 4.90 Å². The Morgan fingerprint density at radius 3 is 0.918 bits per heavy atom. The van der Waals surface area contributed by atoms with Crippen LogP contribution in [0.1, 0.15) is 0 Å². The number of hydrogen-bond donors (Lipinski definition) is 0. The molecule has 49 heavy (non-hydrogen) atoms. The predicted octanol–water partition coefficient (Wildman–Crippen LogP) is 2.64. The minimum atomic E-state index is -3.76. The highest BCUT2D eigenvalue weighted by molar-refractivity contribution is 7.86. The third kappa shape index (κ3) is 26.3. The van der Waals surface area contributed by atoms with Crippen molar-refractivity contribution in [1.29, 1.82) is 0 Å². The van der Waals surface area contributed by atoms with Gasteiger partial charge in [0.1, 0.15) is 12.4 Å². The third-order valence-electron chi connectivity index (χ3n) is 6.09. The molecule has 0 N–H and O–H groups in total.